The van der Waals surface area contributed by atoms with E-state index < -0.39 is 5.97 Å². The van der Waals surface area contributed by atoms with Crippen LogP contribution in [0.1, 0.15) is 6.92 Å². The van der Waals surface area contributed by atoms with Gasteiger partial charge in [-0.3, -0.25) is 0 Å². The first kappa shape index (κ1) is 20.2. The summed E-state index contributed by atoms with van der Waals surface area (Å²) in [6.07, 6.45) is 0. The number of aliphatic hydroxyl groups is 1. The lowest BCUT2D eigenvalue weighted by Gasteiger charge is -1.99. The molecule has 0 saturated heterocycles. The first-order valence-electron chi connectivity index (χ1n) is 6.89. The number of hydrogen-bond donors (Lipinski definition) is 3. The van der Waals surface area contributed by atoms with Crippen molar-refractivity contribution in [3.8, 4) is 11.5 Å². The summed E-state index contributed by atoms with van der Waals surface area (Å²) in [6.45, 7) is 4.81. The summed E-state index contributed by atoms with van der Waals surface area (Å²) < 4.78 is 4.46. The van der Waals surface area contributed by atoms with E-state index in [4.69, 9.17) is 15.3 Å². The molecular weight excluding hydrogens is 296 g/mol. The van der Waals surface area contributed by atoms with Gasteiger partial charge in [0.2, 0.25) is 0 Å². The molecule has 0 heterocycles. The minimum Gasteiger partial charge on any atom is -0.508 e. The maximum absolute atomic E-state index is 10.5. The molecule has 2 aromatic rings. The molecule has 124 valence electrons. The number of phenols is 2. The molecule has 0 bridgehead atoms. The summed E-state index contributed by atoms with van der Waals surface area (Å²) in [5.41, 5.74) is 0.350. The minimum atomic E-state index is -0.455. The summed E-state index contributed by atoms with van der Waals surface area (Å²) >= 11 is 0. The predicted molar refractivity (Wildman–Crippen MR) is 89.1 cm³/mol. The highest BCUT2D eigenvalue weighted by molar-refractivity contribution is 5.86. The molecular formula is C18H22O5. The third kappa shape index (κ3) is 12.6. The molecule has 3 N–H and O–H groups in total. The Morgan fingerprint density at radius 2 is 1.35 bits per heavy atom. The molecule has 0 saturated carbocycles. The Bertz CT molecular complexity index is 515. The van der Waals surface area contributed by atoms with Crippen molar-refractivity contribution in [2.45, 2.75) is 6.92 Å². The van der Waals surface area contributed by atoms with Crippen LogP contribution in [0, 0.1) is 0 Å². The molecule has 5 heteroatoms. The maximum Gasteiger partial charge on any atom is 0.333 e. The van der Waals surface area contributed by atoms with Gasteiger partial charge in [-0.25, -0.2) is 4.79 Å². The van der Waals surface area contributed by atoms with Crippen LogP contribution >= 0.6 is 0 Å². The van der Waals surface area contributed by atoms with Gasteiger partial charge in [0.15, 0.2) is 0 Å². The number of benzene rings is 2. The second-order valence-corrected chi connectivity index (χ2v) is 4.31. The minimum absolute atomic E-state index is 0.0473. The lowest BCUT2D eigenvalue weighted by molar-refractivity contribution is -0.139. The Morgan fingerprint density at radius 3 is 1.57 bits per heavy atom. The fraction of sp³-hybridized carbons (Fsp3) is 0.167. The first-order chi connectivity index (χ1) is 11.0. The van der Waals surface area contributed by atoms with Gasteiger partial charge in [-0.15, -0.1) is 0 Å². The Balaban J connectivity index is 0.000000318. The molecule has 0 amide bonds. The van der Waals surface area contributed by atoms with Crippen molar-refractivity contribution in [3.63, 3.8) is 0 Å². The molecule has 2 aromatic carbocycles. The molecule has 0 fully saturated rings. The van der Waals surface area contributed by atoms with Gasteiger partial charge >= 0.3 is 5.97 Å². The van der Waals surface area contributed by atoms with E-state index in [1.165, 1.54) is 0 Å². The number of carbonyl (C=O) groups excluding carboxylic acids is 1. The summed E-state index contributed by atoms with van der Waals surface area (Å²) in [7, 11) is 0. The van der Waals surface area contributed by atoms with Crippen LogP contribution in [0.4, 0.5) is 0 Å². The van der Waals surface area contributed by atoms with Gasteiger partial charge in [0.05, 0.1) is 6.61 Å². The van der Waals surface area contributed by atoms with E-state index in [9.17, 15) is 4.79 Å². The summed E-state index contributed by atoms with van der Waals surface area (Å²) in [4.78, 5) is 10.5. The van der Waals surface area contributed by atoms with Gasteiger partial charge in [-0.05, 0) is 31.2 Å². The highest BCUT2D eigenvalue weighted by Gasteiger charge is 1.99. The van der Waals surface area contributed by atoms with Crippen LogP contribution in [0.3, 0.4) is 0 Å². The summed E-state index contributed by atoms with van der Waals surface area (Å²) in [5.74, 6) is 0.189. The quantitative estimate of drug-likeness (QED) is 0.598. The van der Waals surface area contributed by atoms with Crippen molar-refractivity contribution in [1.82, 2.24) is 0 Å². The number of para-hydroxylation sites is 2. The predicted octanol–water partition coefficient (Wildman–Crippen LogP) is 2.88. The second-order valence-electron chi connectivity index (χ2n) is 4.31. The Morgan fingerprint density at radius 1 is 0.957 bits per heavy atom. The van der Waals surface area contributed by atoms with E-state index in [1.54, 1.807) is 55.5 Å². The van der Waals surface area contributed by atoms with Gasteiger partial charge in [0.1, 0.15) is 18.1 Å². The Hall–Kier alpha value is -2.79. The average Bonchev–Trinajstić information content (AvgIpc) is 2.55. The monoisotopic (exact) mass is 318 g/mol. The molecule has 0 aliphatic rings. The third-order valence-electron chi connectivity index (χ3n) is 2.19. The Labute approximate surface area is 136 Å². The van der Waals surface area contributed by atoms with Crippen LogP contribution in [0.2, 0.25) is 0 Å². The van der Waals surface area contributed by atoms with Crippen molar-refractivity contribution in [2.24, 2.45) is 0 Å². The van der Waals surface area contributed by atoms with Crippen molar-refractivity contribution < 1.29 is 24.9 Å². The van der Waals surface area contributed by atoms with E-state index >= 15 is 0 Å². The van der Waals surface area contributed by atoms with Gasteiger partial charge < -0.3 is 20.1 Å². The van der Waals surface area contributed by atoms with Crippen LogP contribution in [0.25, 0.3) is 0 Å². The second kappa shape index (κ2) is 12.9. The molecule has 5 nitrogen and oxygen atoms in total. The average molecular weight is 318 g/mol. The fourth-order valence-corrected chi connectivity index (χ4v) is 1.12. The third-order valence-corrected chi connectivity index (χ3v) is 2.19. The number of rotatable bonds is 3. The van der Waals surface area contributed by atoms with E-state index in [0.29, 0.717) is 17.1 Å². The zero-order valence-electron chi connectivity index (χ0n) is 13.1. The van der Waals surface area contributed by atoms with Gasteiger partial charge in [0.25, 0.3) is 0 Å². The molecule has 0 spiro atoms. The molecule has 0 aromatic heterocycles. The highest BCUT2D eigenvalue weighted by Crippen LogP contribution is 2.03. The maximum atomic E-state index is 10.5. The SMILES string of the molecule is C=C(C)C(=O)OCCO.Oc1ccccc1.Oc1ccccc1. The first-order valence-corrected chi connectivity index (χ1v) is 6.89. The molecule has 0 aliphatic carbocycles. The van der Waals surface area contributed by atoms with E-state index in [0.717, 1.165) is 0 Å². The number of hydrogen-bond acceptors (Lipinski definition) is 5. The Kier molecular flexibility index (Phi) is 11.3. The number of phenolic OH excluding ortho intramolecular Hbond substituents is 2. The van der Waals surface area contributed by atoms with Crippen molar-refractivity contribution in [1.29, 1.82) is 0 Å². The normalized spacial score (nSPS) is 8.61. The van der Waals surface area contributed by atoms with Crippen molar-refractivity contribution in [3.05, 3.63) is 72.8 Å². The van der Waals surface area contributed by atoms with Crippen molar-refractivity contribution >= 4 is 5.97 Å². The number of aromatic hydroxyl groups is 2. The van der Waals surface area contributed by atoms with E-state index in [1.807, 2.05) is 12.1 Å². The lowest BCUT2D eigenvalue weighted by Crippen LogP contribution is -2.08. The molecule has 0 radical (unpaired) electrons. The summed E-state index contributed by atoms with van der Waals surface area (Å²) in [5, 5.41) is 25.5. The number of aliphatic hydroxyl groups excluding tert-OH is 1. The number of ether oxygens (including phenoxy) is 1. The largest absolute Gasteiger partial charge is 0.508 e. The smallest absolute Gasteiger partial charge is 0.333 e. The molecule has 0 atom stereocenters. The van der Waals surface area contributed by atoms with Crippen LogP contribution < -0.4 is 0 Å². The van der Waals surface area contributed by atoms with Crippen LogP contribution in [0.5, 0.6) is 11.5 Å². The van der Waals surface area contributed by atoms with Crippen LogP contribution in [-0.4, -0.2) is 34.5 Å². The number of esters is 1. The van der Waals surface area contributed by atoms with Crippen LogP contribution in [0.15, 0.2) is 72.8 Å². The van der Waals surface area contributed by atoms with Gasteiger partial charge in [-0.1, -0.05) is 43.0 Å². The standard InChI is InChI=1S/C6H10O3.2C6H6O/c1-5(2)6(8)9-4-3-7;2*7-6-4-2-1-3-5-6/h7H,1,3-4H2,2H3;2*1-5,7H. The topological polar surface area (TPSA) is 87.0 Å². The zero-order chi connectivity index (χ0) is 17.5. The van der Waals surface area contributed by atoms with E-state index in [2.05, 4.69) is 11.3 Å². The zero-order valence-corrected chi connectivity index (χ0v) is 13.1. The molecule has 0 aliphatic heterocycles. The molecule has 23 heavy (non-hydrogen) atoms. The molecule has 2 rings (SSSR count). The van der Waals surface area contributed by atoms with Crippen molar-refractivity contribution in [2.75, 3.05) is 13.2 Å². The highest BCUT2D eigenvalue weighted by atomic mass is 16.5. The molecule has 0 unspecified atom stereocenters. The van der Waals surface area contributed by atoms with E-state index in [-0.39, 0.29) is 13.2 Å². The summed E-state index contributed by atoms with van der Waals surface area (Å²) in [6, 6.07) is 17.4. The van der Waals surface area contributed by atoms with Crippen LogP contribution in [-0.2, 0) is 9.53 Å². The van der Waals surface area contributed by atoms with Gasteiger partial charge in [-0.2, -0.15) is 0 Å². The number of carbonyl (C=O) groups is 1. The lowest BCUT2D eigenvalue weighted by atomic mass is 10.3. The van der Waals surface area contributed by atoms with Gasteiger partial charge in [0, 0.05) is 5.57 Å². The fourth-order valence-electron chi connectivity index (χ4n) is 1.12.